The maximum atomic E-state index is 6.43. The highest BCUT2D eigenvalue weighted by atomic mass is 32.2. The van der Waals surface area contributed by atoms with Gasteiger partial charge in [-0.1, -0.05) is 12.1 Å². The van der Waals surface area contributed by atoms with Crippen LogP contribution in [0.25, 0.3) is 0 Å². The maximum Gasteiger partial charge on any atom is 0.166 e. The Morgan fingerprint density at radius 2 is 2.26 bits per heavy atom. The Hall–Kier alpha value is -0.910. The first-order valence-corrected chi connectivity index (χ1v) is 9.70. The predicted molar refractivity (Wildman–Crippen MR) is 96.5 cm³/mol. The van der Waals surface area contributed by atoms with Crippen molar-refractivity contribution in [2.75, 3.05) is 38.8 Å². The standard InChI is InChI=1S/C18H28N2O2S/c1-20-11-13(10-19)9-16(20)15-6-3-7-17(21-2)18(15)22-14-5-4-8-23-12-14/h3,6-7,13-14,16H,4-5,8-12,19H2,1-2H3. The fraction of sp³-hybridized carbons (Fsp3) is 0.667. The smallest absolute Gasteiger partial charge is 0.166 e. The number of nitrogens with zero attached hydrogens (tertiary/aromatic N) is 1. The molecule has 0 bridgehead atoms. The molecule has 0 aromatic heterocycles. The Morgan fingerprint density at radius 1 is 1.39 bits per heavy atom. The van der Waals surface area contributed by atoms with Gasteiger partial charge in [-0.05, 0) is 50.6 Å². The van der Waals surface area contributed by atoms with Crippen LogP contribution in [0.4, 0.5) is 0 Å². The Morgan fingerprint density at radius 3 is 2.91 bits per heavy atom. The van der Waals surface area contributed by atoms with Crippen molar-refractivity contribution in [2.24, 2.45) is 11.7 Å². The summed E-state index contributed by atoms with van der Waals surface area (Å²) in [5.41, 5.74) is 7.14. The number of hydrogen-bond donors (Lipinski definition) is 1. The minimum absolute atomic E-state index is 0.292. The average Bonchev–Trinajstić information content (AvgIpc) is 2.97. The molecule has 2 fully saturated rings. The normalized spacial score (nSPS) is 28.7. The molecule has 5 heteroatoms. The Balaban J connectivity index is 1.87. The number of methoxy groups -OCH3 is 1. The molecule has 2 aliphatic heterocycles. The van der Waals surface area contributed by atoms with Crippen molar-refractivity contribution < 1.29 is 9.47 Å². The first-order valence-electron chi connectivity index (χ1n) is 8.54. The molecule has 0 aliphatic carbocycles. The first kappa shape index (κ1) is 16.9. The number of rotatable bonds is 5. The number of para-hydroxylation sites is 1. The van der Waals surface area contributed by atoms with Crippen LogP contribution in [-0.2, 0) is 0 Å². The van der Waals surface area contributed by atoms with E-state index in [1.165, 1.54) is 17.7 Å². The van der Waals surface area contributed by atoms with E-state index < -0.39 is 0 Å². The lowest BCUT2D eigenvalue weighted by Crippen LogP contribution is -2.25. The summed E-state index contributed by atoms with van der Waals surface area (Å²) in [6.45, 7) is 1.80. The summed E-state index contributed by atoms with van der Waals surface area (Å²) >= 11 is 1.99. The molecule has 4 nitrogen and oxygen atoms in total. The third-order valence-corrected chi connectivity index (χ3v) is 6.14. The maximum absolute atomic E-state index is 6.43. The van der Waals surface area contributed by atoms with Gasteiger partial charge in [0.2, 0.25) is 0 Å². The molecule has 2 heterocycles. The van der Waals surface area contributed by atoms with E-state index in [9.17, 15) is 0 Å². The van der Waals surface area contributed by atoms with E-state index in [2.05, 4.69) is 24.1 Å². The molecule has 2 N–H and O–H groups in total. The van der Waals surface area contributed by atoms with Crippen LogP contribution in [0.2, 0.25) is 0 Å². The van der Waals surface area contributed by atoms with E-state index in [0.29, 0.717) is 18.1 Å². The number of thioether (sulfide) groups is 1. The van der Waals surface area contributed by atoms with E-state index in [1.54, 1.807) is 7.11 Å². The molecule has 3 atom stereocenters. The summed E-state index contributed by atoms with van der Waals surface area (Å²) in [4.78, 5) is 2.40. The molecule has 128 valence electrons. The van der Waals surface area contributed by atoms with Crippen LogP contribution in [0, 0.1) is 5.92 Å². The van der Waals surface area contributed by atoms with Gasteiger partial charge in [0, 0.05) is 23.9 Å². The van der Waals surface area contributed by atoms with Crippen LogP contribution in [-0.4, -0.2) is 49.8 Å². The van der Waals surface area contributed by atoms with Crippen molar-refractivity contribution in [3.05, 3.63) is 23.8 Å². The van der Waals surface area contributed by atoms with E-state index in [1.807, 2.05) is 17.8 Å². The van der Waals surface area contributed by atoms with Crippen LogP contribution in [0.15, 0.2) is 18.2 Å². The van der Waals surface area contributed by atoms with E-state index in [-0.39, 0.29) is 0 Å². The van der Waals surface area contributed by atoms with Gasteiger partial charge < -0.3 is 15.2 Å². The van der Waals surface area contributed by atoms with Crippen LogP contribution >= 0.6 is 11.8 Å². The van der Waals surface area contributed by atoms with E-state index in [0.717, 1.165) is 43.2 Å². The lowest BCUT2D eigenvalue weighted by atomic mass is 9.98. The highest BCUT2D eigenvalue weighted by Crippen LogP contribution is 2.43. The summed E-state index contributed by atoms with van der Waals surface area (Å²) in [6.07, 6.45) is 3.76. The predicted octanol–water partition coefficient (Wildman–Crippen LogP) is 2.92. The van der Waals surface area contributed by atoms with Crippen molar-refractivity contribution in [2.45, 2.75) is 31.4 Å². The van der Waals surface area contributed by atoms with Gasteiger partial charge >= 0.3 is 0 Å². The van der Waals surface area contributed by atoms with Gasteiger partial charge in [0.15, 0.2) is 11.5 Å². The van der Waals surface area contributed by atoms with Crippen LogP contribution in [0.3, 0.4) is 0 Å². The topological polar surface area (TPSA) is 47.7 Å². The number of benzene rings is 1. The number of ether oxygens (including phenoxy) is 2. The largest absolute Gasteiger partial charge is 0.493 e. The quantitative estimate of drug-likeness (QED) is 0.896. The Kier molecular flexibility index (Phi) is 5.72. The second kappa shape index (κ2) is 7.77. The molecule has 23 heavy (non-hydrogen) atoms. The summed E-state index contributed by atoms with van der Waals surface area (Å²) < 4.78 is 12.0. The van der Waals surface area contributed by atoms with Crippen molar-refractivity contribution in [3.8, 4) is 11.5 Å². The minimum Gasteiger partial charge on any atom is -0.493 e. The summed E-state index contributed by atoms with van der Waals surface area (Å²) in [6, 6.07) is 6.63. The second-order valence-electron chi connectivity index (χ2n) is 6.63. The minimum atomic E-state index is 0.292. The van der Waals surface area contributed by atoms with Crippen LogP contribution in [0.5, 0.6) is 11.5 Å². The summed E-state index contributed by atoms with van der Waals surface area (Å²) in [5.74, 6) is 4.68. The fourth-order valence-corrected chi connectivity index (χ4v) is 4.73. The zero-order valence-electron chi connectivity index (χ0n) is 14.2. The molecule has 0 radical (unpaired) electrons. The monoisotopic (exact) mass is 336 g/mol. The SMILES string of the molecule is COc1cccc(C2CC(CN)CN2C)c1OC1CCCSC1. The average molecular weight is 337 g/mol. The highest BCUT2D eigenvalue weighted by Gasteiger charge is 2.33. The number of likely N-dealkylation sites (tertiary alicyclic amines) is 1. The summed E-state index contributed by atoms with van der Waals surface area (Å²) in [7, 11) is 3.91. The van der Waals surface area contributed by atoms with Gasteiger partial charge in [-0.15, -0.1) is 0 Å². The zero-order valence-corrected chi connectivity index (χ0v) is 15.0. The van der Waals surface area contributed by atoms with Gasteiger partial charge in [0.25, 0.3) is 0 Å². The fourth-order valence-electron chi connectivity index (χ4n) is 3.69. The molecule has 1 aromatic rings. The van der Waals surface area contributed by atoms with Gasteiger partial charge in [-0.25, -0.2) is 0 Å². The molecular weight excluding hydrogens is 308 g/mol. The molecule has 1 aromatic carbocycles. The molecule has 2 saturated heterocycles. The van der Waals surface area contributed by atoms with Crippen LogP contribution < -0.4 is 15.2 Å². The van der Waals surface area contributed by atoms with E-state index >= 15 is 0 Å². The molecule has 2 aliphatic rings. The van der Waals surface area contributed by atoms with Crippen molar-refractivity contribution >= 4 is 11.8 Å². The summed E-state index contributed by atoms with van der Waals surface area (Å²) in [5, 5.41) is 0. The molecule has 0 amide bonds. The molecular formula is C18H28N2O2S. The second-order valence-corrected chi connectivity index (χ2v) is 7.78. The van der Waals surface area contributed by atoms with E-state index in [4.69, 9.17) is 15.2 Å². The lowest BCUT2D eigenvalue weighted by Gasteiger charge is -2.28. The lowest BCUT2D eigenvalue weighted by molar-refractivity contribution is 0.194. The number of hydrogen-bond acceptors (Lipinski definition) is 5. The Labute approximate surface area is 143 Å². The van der Waals surface area contributed by atoms with Gasteiger partial charge in [-0.2, -0.15) is 11.8 Å². The molecule has 0 spiro atoms. The van der Waals surface area contributed by atoms with Gasteiger partial charge in [0.1, 0.15) is 6.10 Å². The number of nitrogens with two attached hydrogens (primary N) is 1. The Bertz CT molecular complexity index is 520. The zero-order chi connectivity index (χ0) is 16.2. The van der Waals surface area contributed by atoms with Crippen molar-refractivity contribution in [3.63, 3.8) is 0 Å². The molecule has 3 rings (SSSR count). The van der Waals surface area contributed by atoms with Gasteiger partial charge in [-0.3, -0.25) is 4.90 Å². The molecule has 0 saturated carbocycles. The highest BCUT2D eigenvalue weighted by molar-refractivity contribution is 7.99. The van der Waals surface area contributed by atoms with Crippen molar-refractivity contribution in [1.82, 2.24) is 4.90 Å². The van der Waals surface area contributed by atoms with Gasteiger partial charge in [0.05, 0.1) is 7.11 Å². The van der Waals surface area contributed by atoms with Crippen molar-refractivity contribution in [1.29, 1.82) is 0 Å². The first-order chi connectivity index (χ1) is 11.2. The van der Waals surface area contributed by atoms with Crippen LogP contribution in [0.1, 0.15) is 30.9 Å². The third-order valence-electron chi connectivity index (χ3n) is 4.96. The third kappa shape index (κ3) is 3.78. The molecule has 3 unspecified atom stereocenters.